The second-order valence-electron chi connectivity index (χ2n) is 7.80. The van der Waals surface area contributed by atoms with Gasteiger partial charge in [-0.15, -0.1) is 0 Å². The molecule has 0 radical (unpaired) electrons. The molecule has 2 aromatic rings. The summed E-state index contributed by atoms with van der Waals surface area (Å²) in [5.41, 5.74) is 2.34. The van der Waals surface area contributed by atoms with Crippen LogP contribution in [0, 0.1) is 5.92 Å². The highest BCUT2D eigenvalue weighted by molar-refractivity contribution is 5.95. The van der Waals surface area contributed by atoms with Gasteiger partial charge in [-0.25, -0.2) is 0 Å². The highest BCUT2D eigenvalue weighted by atomic mass is 19.4. The molecule has 3 atom stereocenters. The first-order chi connectivity index (χ1) is 14.7. The van der Waals surface area contributed by atoms with Gasteiger partial charge in [0, 0.05) is 23.7 Å². The summed E-state index contributed by atoms with van der Waals surface area (Å²) in [6, 6.07) is 10.4. The van der Waals surface area contributed by atoms with Gasteiger partial charge in [-0.2, -0.15) is 13.2 Å². The smallest absolute Gasteiger partial charge is 0.416 e. The minimum Gasteiger partial charge on any atom is -0.481 e. The molecule has 0 unspecified atom stereocenters. The summed E-state index contributed by atoms with van der Waals surface area (Å²) in [5, 5.41) is 14.7. The van der Waals surface area contributed by atoms with Gasteiger partial charge < -0.3 is 15.7 Å². The van der Waals surface area contributed by atoms with Gasteiger partial charge in [-0.3, -0.25) is 9.59 Å². The van der Waals surface area contributed by atoms with E-state index in [9.17, 15) is 22.8 Å². The number of benzene rings is 2. The van der Waals surface area contributed by atoms with E-state index >= 15 is 0 Å². The maximum Gasteiger partial charge on any atom is 0.416 e. The van der Waals surface area contributed by atoms with Crippen LogP contribution >= 0.6 is 0 Å². The molecular weight excluding hydrogens is 409 g/mol. The van der Waals surface area contributed by atoms with E-state index in [1.165, 1.54) is 12.1 Å². The van der Waals surface area contributed by atoms with Gasteiger partial charge >= 0.3 is 12.1 Å². The lowest BCUT2D eigenvalue weighted by molar-refractivity contribution is -0.138. The van der Waals surface area contributed by atoms with Crippen LogP contribution in [0.3, 0.4) is 0 Å². The minimum atomic E-state index is -4.37. The fourth-order valence-electron chi connectivity index (χ4n) is 4.33. The van der Waals surface area contributed by atoms with Crippen molar-refractivity contribution in [2.75, 3.05) is 11.9 Å². The van der Waals surface area contributed by atoms with Crippen LogP contribution in [0.4, 0.5) is 18.9 Å². The summed E-state index contributed by atoms with van der Waals surface area (Å²) in [4.78, 5) is 23.0. The van der Waals surface area contributed by atoms with Crippen LogP contribution in [0.15, 0.2) is 54.6 Å². The monoisotopic (exact) mass is 430 g/mol. The molecule has 0 aromatic heterocycles. The molecule has 0 saturated heterocycles. The maximum atomic E-state index is 12.9. The van der Waals surface area contributed by atoms with Crippen molar-refractivity contribution in [1.82, 2.24) is 5.32 Å². The van der Waals surface area contributed by atoms with Gasteiger partial charge in [0.2, 0.25) is 0 Å². The summed E-state index contributed by atoms with van der Waals surface area (Å²) >= 11 is 0. The molecule has 1 heterocycles. The Morgan fingerprint density at radius 2 is 1.87 bits per heavy atom. The highest BCUT2D eigenvalue weighted by Gasteiger charge is 2.38. The zero-order chi connectivity index (χ0) is 22.2. The Kier molecular flexibility index (Phi) is 5.47. The summed E-state index contributed by atoms with van der Waals surface area (Å²) < 4.78 is 38.7. The minimum absolute atomic E-state index is 0.0373. The van der Waals surface area contributed by atoms with Crippen LogP contribution in [-0.2, 0) is 11.0 Å². The van der Waals surface area contributed by atoms with Gasteiger partial charge in [0.15, 0.2) is 0 Å². The number of alkyl halides is 3. The molecule has 1 amide bonds. The number of hydrogen-bond donors (Lipinski definition) is 3. The number of halogens is 3. The predicted molar refractivity (Wildman–Crippen MR) is 109 cm³/mol. The predicted octanol–water partition coefficient (Wildman–Crippen LogP) is 4.74. The Hall–Kier alpha value is -3.29. The largest absolute Gasteiger partial charge is 0.481 e. The molecule has 5 nitrogen and oxygen atoms in total. The van der Waals surface area contributed by atoms with Crippen molar-refractivity contribution in [3.8, 4) is 0 Å². The quantitative estimate of drug-likeness (QED) is 0.599. The highest BCUT2D eigenvalue weighted by Crippen LogP contribution is 2.50. The van der Waals surface area contributed by atoms with Crippen molar-refractivity contribution in [3.63, 3.8) is 0 Å². The number of carboxylic acid groups (broad SMARTS) is 1. The molecule has 4 rings (SSSR count). The van der Waals surface area contributed by atoms with E-state index in [4.69, 9.17) is 5.11 Å². The Labute approximate surface area is 177 Å². The summed E-state index contributed by atoms with van der Waals surface area (Å²) in [5.74, 6) is -1.17. The van der Waals surface area contributed by atoms with Gasteiger partial charge in [-0.1, -0.05) is 24.3 Å². The number of anilines is 1. The van der Waals surface area contributed by atoms with Crippen LogP contribution in [0.25, 0.3) is 0 Å². The molecule has 0 bridgehead atoms. The van der Waals surface area contributed by atoms with Crippen molar-refractivity contribution in [1.29, 1.82) is 0 Å². The van der Waals surface area contributed by atoms with Crippen LogP contribution in [-0.4, -0.2) is 23.5 Å². The molecule has 8 heteroatoms. The van der Waals surface area contributed by atoms with Crippen molar-refractivity contribution in [2.45, 2.75) is 31.0 Å². The number of carbonyl (C=O) groups excluding carboxylic acids is 1. The van der Waals surface area contributed by atoms with Crippen molar-refractivity contribution < 1.29 is 27.9 Å². The average Bonchev–Trinajstić information content (AvgIpc) is 3.22. The average molecular weight is 430 g/mol. The van der Waals surface area contributed by atoms with E-state index in [-0.39, 0.29) is 36.8 Å². The van der Waals surface area contributed by atoms with E-state index in [2.05, 4.69) is 22.8 Å². The second kappa shape index (κ2) is 8.09. The number of rotatable bonds is 5. The first kappa shape index (κ1) is 21.0. The van der Waals surface area contributed by atoms with E-state index in [0.717, 1.165) is 35.4 Å². The number of nitrogens with one attached hydrogen (secondary N) is 2. The van der Waals surface area contributed by atoms with Crippen molar-refractivity contribution in [3.05, 3.63) is 76.9 Å². The Morgan fingerprint density at radius 3 is 2.55 bits per heavy atom. The lowest BCUT2D eigenvalue weighted by atomic mass is 9.76. The molecule has 2 aromatic carbocycles. The number of carbonyl (C=O) groups is 2. The van der Waals surface area contributed by atoms with Crippen LogP contribution < -0.4 is 10.6 Å². The van der Waals surface area contributed by atoms with Gasteiger partial charge in [-0.05, 0) is 53.8 Å². The lowest BCUT2D eigenvalue weighted by Gasteiger charge is -2.37. The van der Waals surface area contributed by atoms with E-state index < -0.39 is 17.7 Å². The first-order valence-corrected chi connectivity index (χ1v) is 9.98. The van der Waals surface area contributed by atoms with Gasteiger partial charge in [0.05, 0.1) is 18.0 Å². The topological polar surface area (TPSA) is 78.4 Å². The first-order valence-electron chi connectivity index (χ1n) is 9.98. The zero-order valence-corrected chi connectivity index (χ0v) is 16.4. The number of carboxylic acids is 1. The van der Waals surface area contributed by atoms with Gasteiger partial charge in [0.25, 0.3) is 5.91 Å². The van der Waals surface area contributed by atoms with E-state index in [1.54, 1.807) is 18.2 Å². The number of allylic oxidation sites excluding steroid dienone is 2. The normalized spacial score (nSPS) is 21.7. The lowest BCUT2D eigenvalue weighted by Crippen LogP contribution is -2.30. The number of fused-ring (bicyclic) bond motifs is 3. The molecule has 3 N–H and O–H groups in total. The molecule has 31 heavy (non-hydrogen) atoms. The molecule has 0 saturated carbocycles. The maximum absolute atomic E-state index is 12.9. The third kappa shape index (κ3) is 4.28. The molecule has 1 aliphatic heterocycles. The Balaban J connectivity index is 1.57. The standard InChI is InChI=1S/C23H21F3N2O3/c24-23(25,26)15-7-4-13(5-8-15)21-17-3-1-2-16(17)18-12-14(6-9-19(18)28-21)22(31)27-11-10-20(29)30/h1-2,4-9,12,16-17,21,28H,3,10-11H2,(H,27,31)(H,29,30)/t16-,17-,21-/m1/s1. The molecule has 1 aliphatic carbocycles. The molecule has 162 valence electrons. The SMILES string of the molecule is O=C(O)CCNC(=O)c1ccc2c(c1)[C@@H]1C=CC[C@H]1[C@@H](c1ccc(C(F)(F)F)cc1)N2. The van der Waals surface area contributed by atoms with Crippen LogP contribution in [0.5, 0.6) is 0 Å². The molecule has 2 aliphatic rings. The van der Waals surface area contributed by atoms with E-state index in [1.807, 2.05) is 0 Å². The summed E-state index contributed by atoms with van der Waals surface area (Å²) in [6.07, 6.45) is 0.388. The van der Waals surface area contributed by atoms with Gasteiger partial charge in [0.1, 0.15) is 0 Å². The summed E-state index contributed by atoms with van der Waals surface area (Å²) in [6.45, 7) is 0.0471. The number of aliphatic carboxylic acids is 1. The zero-order valence-electron chi connectivity index (χ0n) is 16.4. The number of hydrogen-bond acceptors (Lipinski definition) is 3. The van der Waals surface area contributed by atoms with Crippen molar-refractivity contribution in [2.24, 2.45) is 5.92 Å². The third-order valence-corrected chi connectivity index (χ3v) is 5.85. The Morgan fingerprint density at radius 1 is 1.13 bits per heavy atom. The third-order valence-electron chi connectivity index (χ3n) is 5.85. The Bertz CT molecular complexity index is 1030. The van der Waals surface area contributed by atoms with Crippen LogP contribution in [0.1, 0.15) is 51.8 Å². The number of amides is 1. The molecule has 0 spiro atoms. The van der Waals surface area contributed by atoms with E-state index in [0.29, 0.717) is 5.56 Å². The fourth-order valence-corrected chi connectivity index (χ4v) is 4.33. The second-order valence-corrected chi connectivity index (χ2v) is 7.80. The van der Waals surface area contributed by atoms with Crippen LogP contribution in [0.2, 0.25) is 0 Å². The molecule has 0 fully saturated rings. The fraction of sp³-hybridized carbons (Fsp3) is 0.304. The summed E-state index contributed by atoms with van der Waals surface area (Å²) in [7, 11) is 0. The van der Waals surface area contributed by atoms with Crippen molar-refractivity contribution >= 4 is 17.6 Å². The molecular formula is C23H21F3N2O3.